The van der Waals surface area contributed by atoms with Crippen LogP contribution in [0.5, 0.6) is 0 Å². The molecule has 0 spiro atoms. The van der Waals surface area contributed by atoms with E-state index in [9.17, 15) is 14.9 Å². The summed E-state index contributed by atoms with van der Waals surface area (Å²) in [6, 6.07) is 22.9. The van der Waals surface area contributed by atoms with Gasteiger partial charge in [0.05, 0.1) is 16.3 Å². The van der Waals surface area contributed by atoms with Gasteiger partial charge in [0.15, 0.2) is 0 Å². The Kier molecular flexibility index (Phi) is 5.60. The number of nitrogens with zero attached hydrogens (tertiary/aromatic N) is 3. The van der Waals surface area contributed by atoms with E-state index in [1.807, 2.05) is 61.5 Å². The first kappa shape index (κ1) is 19.0. The second kappa shape index (κ2) is 8.26. The smallest absolute Gasteiger partial charge is 0.269 e. The molecule has 140 valence electrons. The topological polar surface area (TPSA) is 75.8 Å². The number of hydrogen-bond donors (Lipinski definition) is 0. The monoisotopic (exact) mass is 373 g/mol. The van der Waals surface area contributed by atoms with Crippen LogP contribution in [0.4, 0.5) is 17.1 Å². The fraction of sp³-hybridized carbons (Fsp3) is 0.0909. The Balaban J connectivity index is 2.13. The molecule has 3 aromatic carbocycles. The van der Waals surface area contributed by atoms with Gasteiger partial charge in [-0.2, -0.15) is 0 Å². The molecule has 0 aliphatic heterocycles. The zero-order chi connectivity index (χ0) is 20.1. The van der Waals surface area contributed by atoms with E-state index in [4.69, 9.17) is 0 Å². The summed E-state index contributed by atoms with van der Waals surface area (Å²) >= 11 is 0. The first-order valence-corrected chi connectivity index (χ1v) is 8.71. The van der Waals surface area contributed by atoms with Crippen LogP contribution in [0.25, 0.3) is 0 Å². The van der Waals surface area contributed by atoms with Crippen molar-refractivity contribution >= 4 is 28.8 Å². The highest BCUT2D eigenvalue weighted by Crippen LogP contribution is 2.24. The van der Waals surface area contributed by atoms with Crippen LogP contribution < -0.4 is 4.90 Å². The summed E-state index contributed by atoms with van der Waals surface area (Å²) in [5.74, 6) is 0.263. The van der Waals surface area contributed by atoms with Gasteiger partial charge in [0.2, 0.25) is 5.91 Å². The number of rotatable bonds is 4. The fourth-order valence-corrected chi connectivity index (χ4v) is 2.75. The summed E-state index contributed by atoms with van der Waals surface area (Å²) in [6.07, 6.45) is 0. The van der Waals surface area contributed by atoms with Crippen molar-refractivity contribution in [3.8, 4) is 0 Å². The highest BCUT2D eigenvalue weighted by molar-refractivity contribution is 6.23. The van der Waals surface area contributed by atoms with Crippen LogP contribution in [-0.2, 0) is 4.79 Å². The standard InChI is InChI=1S/C22H19N3O3/c1-16-8-12-20(13-9-16)24(17(2)26)22(18-6-4-3-5-7-18)23-19-10-14-21(15-11-19)25(27)28/h3-15H,1-2H3. The first-order valence-electron chi connectivity index (χ1n) is 8.71. The molecule has 1 amide bonds. The van der Waals surface area contributed by atoms with Crippen molar-refractivity contribution in [2.45, 2.75) is 13.8 Å². The molecule has 6 nitrogen and oxygen atoms in total. The van der Waals surface area contributed by atoms with E-state index in [0.717, 1.165) is 11.1 Å². The molecule has 0 heterocycles. The lowest BCUT2D eigenvalue weighted by Crippen LogP contribution is -2.35. The molecule has 0 unspecified atom stereocenters. The van der Waals surface area contributed by atoms with Gasteiger partial charge in [0, 0.05) is 24.6 Å². The van der Waals surface area contributed by atoms with Crippen LogP contribution in [0.2, 0.25) is 0 Å². The molecule has 0 aliphatic rings. The number of anilines is 1. The number of non-ortho nitro benzene ring substituents is 1. The van der Waals surface area contributed by atoms with E-state index in [1.165, 1.54) is 24.0 Å². The van der Waals surface area contributed by atoms with Gasteiger partial charge in [-0.25, -0.2) is 4.99 Å². The minimum atomic E-state index is -0.459. The molecule has 3 aromatic rings. The minimum absolute atomic E-state index is 0.0119. The van der Waals surface area contributed by atoms with Gasteiger partial charge >= 0.3 is 0 Å². The SMILES string of the molecule is CC(=O)N(C(=Nc1ccc([N+](=O)[O-])cc1)c1ccccc1)c1ccc(C)cc1. The number of aliphatic imine (C=N–C) groups is 1. The second-order valence-corrected chi connectivity index (χ2v) is 6.26. The molecule has 0 radical (unpaired) electrons. The van der Waals surface area contributed by atoms with E-state index < -0.39 is 4.92 Å². The maximum Gasteiger partial charge on any atom is 0.269 e. The van der Waals surface area contributed by atoms with E-state index >= 15 is 0 Å². The number of carbonyl (C=O) groups excluding carboxylic acids is 1. The molecule has 0 fully saturated rings. The number of amidine groups is 1. The van der Waals surface area contributed by atoms with Crippen LogP contribution >= 0.6 is 0 Å². The summed E-state index contributed by atoms with van der Waals surface area (Å²) < 4.78 is 0. The number of amides is 1. The van der Waals surface area contributed by atoms with Crippen molar-refractivity contribution in [1.29, 1.82) is 0 Å². The summed E-state index contributed by atoms with van der Waals surface area (Å²) in [4.78, 5) is 29.1. The van der Waals surface area contributed by atoms with Gasteiger partial charge in [-0.1, -0.05) is 48.0 Å². The predicted molar refractivity (Wildman–Crippen MR) is 110 cm³/mol. The van der Waals surface area contributed by atoms with E-state index in [1.54, 1.807) is 12.1 Å². The lowest BCUT2D eigenvalue weighted by molar-refractivity contribution is -0.384. The third kappa shape index (κ3) is 4.29. The molecule has 28 heavy (non-hydrogen) atoms. The summed E-state index contributed by atoms with van der Waals surface area (Å²) in [5.41, 5.74) is 3.05. The normalized spacial score (nSPS) is 11.1. The number of benzene rings is 3. The number of hydrogen-bond acceptors (Lipinski definition) is 4. The lowest BCUT2D eigenvalue weighted by Gasteiger charge is -2.23. The molecule has 0 saturated carbocycles. The zero-order valence-corrected chi connectivity index (χ0v) is 15.6. The highest BCUT2D eigenvalue weighted by Gasteiger charge is 2.20. The Morgan fingerprint density at radius 2 is 1.54 bits per heavy atom. The van der Waals surface area contributed by atoms with Crippen LogP contribution in [0.3, 0.4) is 0 Å². The number of aryl methyl sites for hydroxylation is 1. The van der Waals surface area contributed by atoms with Gasteiger partial charge in [-0.05, 0) is 31.2 Å². The number of nitro benzene ring substituents is 1. The number of nitro groups is 1. The first-order chi connectivity index (χ1) is 13.5. The third-order valence-corrected chi connectivity index (χ3v) is 4.15. The average Bonchev–Trinajstić information content (AvgIpc) is 2.69. The van der Waals surface area contributed by atoms with Gasteiger partial charge in [-0.3, -0.25) is 19.8 Å². The highest BCUT2D eigenvalue weighted by atomic mass is 16.6. The Morgan fingerprint density at radius 1 is 0.929 bits per heavy atom. The molecule has 3 rings (SSSR count). The molecular weight excluding hydrogens is 354 g/mol. The van der Waals surface area contributed by atoms with Crippen LogP contribution in [-0.4, -0.2) is 16.7 Å². The maximum absolute atomic E-state index is 12.5. The Bertz CT molecular complexity index is 1010. The fourth-order valence-electron chi connectivity index (χ4n) is 2.75. The van der Waals surface area contributed by atoms with Gasteiger partial charge in [0.25, 0.3) is 5.69 Å². The van der Waals surface area contributed by atoms with Crippen molar-refractivity contribution in [3.63, 3.8) is 0 Å². The van der Waals surface area contributed by atoms with Crippen molar-refractivity contribution < 1.29 is 9.72 Å². The van der Waals surface area contributed by atoms with Gasteiger partial charge in [-0.15, -0.1) is 0 Å². The second-order valence-electron chi connectivity index (χ2n) is 6.26. The summed E-state index contributed by atoms with van der Waals surface area (Å²) in [6.45, 7) is 3.46. The molecule has 0 aromatic heterocycles. The molecule has 0 saturated heterocycles. The molecule has 6 heteroatoms. The van der Waals surface area contributed by atoms with Crippen LogP contribution in [0.15, 0.2) is 83.9 Å². The van der Waals surface area contributed by atoms with Crippen molar-refractivity contribution in [1.82, 2.24) is 0 Å². The number of carbonyl (C=O) groups is 1. The van der Waals surface area contributed by atoms with Crippen molar-refractivity contribution in [3.05, 3.63) is 100 Å². The van der Waals surface area contributed by atoms with Crippen molar-refractivity contribution in [2.75, 3.05) is 4.90 Å². The Hall–Kier alpha value is -3.80. The summed E-state index contributed by atoms with van der Waals surface area (Å²) in [5, 5.41) is 10.9. The van der Waals surface area contributed by atoms with E-state index in [0.29, 0.717) is 17.2 Å². The van der Waals surface area contributed by atoms with E-state index in [-0.39, 0.29) is 11.6 Å². The van der Waals surface area contributed by atoms with Crippen LogP contribution in [0.1, 0.15) is 18.1 Å². The largest absolute Gasteiger partial charge is 0.274 e. The van der Waals surface area contributed by atoms with Crippen LogP contribution in [0, 0.1) is 17.0 Å². The summed E-state index contributed by atoms with van der Waals surface area (Å²) in [7, 11) is 0. The Morgan fingerprint density at radius 3 is 2.07 bits per heavy atom. The quantitative estimate of drug-likeness (QED) is 0.278. The van der Waals surface area contributed by atoms with Gasteiger partial charge in [0.1, 0.15) is 5.84 Å². The van der Waals surface area contributed by atoms with Gasteiger partial charge < -0.3 is 0 Å². The molecule has 0 aliphatic carbocycles. The average molecular weight is 373 g/mol. The molecule has 0 N–H and O–H groups in total. The molecular formula is C22H19N3O3. The molecule has 0 atom stereocenters. The third-order valence-electron chi connectivity index (χ3n) is 4.15. The lowest BCUT2D eigenvalue weighted by atomic mass is 10.1. The minimum Gasteiger partial charge on any atom is -0.274 e. The predicted octanol–water partition coefficient (Wildman–Crippen LogP) is 5.03. The Labute approximate surface area is 162 Å². The molecule has 0 bridgehead atoms. The zero-order valence-electron chi connectivity index (χ0n) is 15.6. The van der Waals surface area contributed by atoms with E-state index in [2.05, 4.69) is 4.99 Å². The maximum atomic E-state index is 12.5. The van der Waals surface area contributed by atoms with Crippen molar-refractivity contribution in [2.24, 2.45) is 4.99 Å².